The Balaban J connectivity index is 0.00000306. The molecule has 0 saturated carbocycles. The average Bonchev–Trinajstić information content (AvgIpc) is 3.36. The molecular formula is C26H34FIN4O. The number of hydrogen-bond donors (Lipinski definition) is 1. The summed E-state index contributed by atoms with van der Waals surface area (Å²) in [6, 6.07) is 15.3. The van der Waals surface area contributed by atoms with Crippen molar-refractivity contribution in [1.82, 2.24) is 10.2 Å². The molecule has 1 atom stereocenters. The van der Waals surface area contributed by atoms with Crippen LogP contribution in [0, 0.1) is 5.82 Å². The molecule has 0 radical (unpaired) electrons. The van der Waals surface area contributed by atoms with Crippen LogP contribution in [0.15, 0.2) is 53.5 Å². The number of carbonyl (C=O) groups excluding carboxylic acids is 1. The van der Waals surface area contributed by atoms with Crippen molar-refractivity contribution in [3.63, 3.8) is 0 Å². The number of nitrogens with zero attached hydrogens (tertiary/aromatic N) is 3. The van der Waals surface area contributed by atoms with E-state index >= 15 is 0 Å². The van der Waals surface area contributed by atoms with Gasteiger partial charge in [0.2, 0.25) is 5.91 Å². The van der Waals surface area contributed by atoms with Gasteiger partial charge in [0, 0.05) is 56.7 Å². The molecule has 1 unspecified atom stereocenters. The van der Waals surface area contributed by atoms with Gasteiger partial charge in [0.15, 0.2) is 5.96 Å². The summed E-state index contributed by atoms with van der Waals surface area (Å²) in [4.78, 5) is 20.8. The van der Waals surface area contributed by atoms with E-state index in [1.165, 1.54) is 17.3 Å². The maximum atomic E-state index is 13.7. The molecule has 2 aromatic rings. The molecule has 33 heavy (non-hydrogen) atoms. The minimum Gasteiger partial charge on any atom is -0.355 e. The number of fused-ring (bicyclic) bond motifs is 1. The highest BCUT2D eigenvalue weighted by molar-refractivity contribution is 14.0. The minimum atomic E-state index is -0.257. The van der Waals surface area contributed by atoms with E-state index in [1.54, 1.807) is 19.2 Å². The highest BCUT2D eigenvalue weighted by Crippen LogP contribution is 2.38. The highest BCUT2D eigenvalue weighted by Gasteiger charge is 2.33. The Morgan fingerprint density at radius 2 is 2.00 bits per heavy atom. The van der Waals surface area contributed by atoms with Crippen molar-refractivity contribution >= 4 is 41.5 Å². The number of rotatable bonds is 6. The minimum absolute atomic E-state index is 0. The van der Waals surface area contributed by atoms with Crippen LogP contribution in [-0.2, 0) is 10.2 Å². The number of carbonyl (C=O) groups is 1. The first-order valence-electron chi connectivity index (χ1n) is 11.5. The van der Waals surface area contributed by atoms with E-state index in [0.717, 1.165) is 44.0 Å². The Hall–Kier alpha value is -2.16. The quantitative estimate of drug-likeness (QED) is 0.308. The fraction of sp³-hybridized carbons (Fsp3) is 0.462. The van der Waals surface area contributed by atoms with Gasteiger partial charge >= 0.3 is 0 Å². The first-order chi connectivity index (χ1) is 15.4. The second-order valence-corrected chi connectivity index (χ2v) is 9.43. The number of amides is 1. The summed E-state index contributed by atoms with van der Waals surface area (Å²) in [5, 5.41) is 3.52. The molecule has 2 aliphatic rings. The largest absolute Gasteiger partial charge is 0.355 e. The van der Waals surface area contributed by atoms with E-state index in [-0.39, 0.29) is 41.1 Å². The fourth-order valence-corrected chi connectivity index (χ4v) is 4.80. The van der Waals surface area contributed by atoms with Gasteiger partial charge in [-0.15, -0.1) is 24.0 Å². The van der Waals surface area contributed by atoms with Crippen LogP contribution in [-0.4, -0.2) is 50.0 Å². The van der Waals surface area contributed by atoms with Gasteiger partial charge < -0.3 is 15.1 Å². The van der Waals surface area contributed by atoms with Crippen molar-refractivity contribution < 1.29 is 9.18 Å². The first kappa shape index (κ1) is 25.5. The summed E-state index contributed by atoms with van der Waals surface area (Å²) in [7, 11) is 1.80. The van der Waals surface area contributed by atoms with E-state index in [0.29, 0.717) is 18.9 Å². The topological polar surface area (TPSA) is 47.9 Å². The van der Waals surface area contributed by atoms with Gasteiger partial charge in [-0.25, -0.2) is 4.39 Å². The van der Waals surface area contributed by atoms with Gasteiger partial charge in [-0.2, -0.15) is 0 Å². The maximum Gasteiger partial charge on any atom is 0.222 e. The zero-order valence-electron chi connectivity index (χ0n) is 19.7. The van der Waals surface area contributed by atoms with Gasteiger partial charge in [0.05, 0.1) is 0 Å². The monoisotopic (exact) mass is 564 g/mol. The molecule has 2 aliphatic heterocycles. The van der Waals surface area contributed by atoms with Crippen LogP contribution in [0.5, 0.6) is 0 Å². The average molecular weight is 564 g/mol. The molecule has 1 saturated heterocycles. The molecule has 1 fully saturated rings. The third-order valence-corrected chi connectivity index (χ3v) is 6.75. The van der Waals surface area contributed by atoms with E-state index in [2.05, 4.69) is 53.3 Å². The molecule has 7 heteroatoms. The predicted molar refractivity (Wildman–Crippen MR) is 143 cm³/mol. The Morgan fingerprint density at radius 1 is 1.21 bits per heavy atom. The fourth-order valence-electron chi connectivity index (χ4n) is 4.80. The summed E-state index contributed by atoms with van der Waals surface area (Å²) in [5.74, 6) is 1.24. The molecular weight excluding hydrogens is 530 g/mol. The molecule has 5 nitrogen and oxygen atoms in total. The van der Waals surface area contributed by atoms with Crippen LogP contribution in [0.4, 0.5) is 10.1 Å². The van der Waals surface area contributed by atoms with Gasteiger partial charge in [-0.05, 0) is 42.2 Å². The smallest absolute Gasteiger partial charge is 0.222 e. The van der Waals surface area contributed by atoms with E-state index in [9.17, 15) is 9.18 Å². The van der Waals surface area contributed by atoms with Crippen molar-refractivity contribution in [2.24, 2.45) is 4.99 Å². The molecule has 178 valence electrons. The normalized spacial score (nSPS) is 18.4. The summed E-state index contributed by atoms with van der Waals surface area (Å²) < 4.78 is 13.7. The molecule has 1 N–H and O–H groups in total. The van der Waals surface area contributed by atoms with Gasteiger partial charge in [0.25, 0.3) is 0 Å². The number of hydrogen-bond acceptors (Lipinski definition) is 2. The molecule has 0 bridgehead atoms. The Morgan fingerprint density at radius 3 is 2.70 bits per heavy atom. The number of guanidine groups is 1. The zero-order chi connectivity index (χ0) is 22.7. The number of likely N-dealkylation sites (tertiary alicyclic amines) is 1. The van der Waals surface area contributed by atoms with E-state index in [4.69, 9.17) is 0 Å². The lowest BCUT2D eigenvalue weighted by atomic mass is 9.84. The number of para-hydroxylation sites is 1. The van der Waals surface area contributed by atoms with Crippen molar-refractivity contribution in [2.75, 3.05) is 38.1 Å². The van der Waals surface area contributed by atoms with Crippen LogP contribution in [0.25, 0.3) is 0 Å². The summed E-state index contributed by atoms with van der Waals surface area (Å²) >= 11 is 0. The number of nitrogens with one attached hydrogen (secondary N) is 1. The lowest BCUT2D eigenvalue weighted by molar-refractivity contribution is -0.127. The van der Waals surface area contributed by atoms with E-state index in [1.807, 2.05) is 11.0 Å². The summed E-state index contributed by atoms with van der Waals surface area (Å²) in [6.07, 6.45) is 2.61. The number of aliphatic imine (C=N–C) groups is 1. The van der Waals surface area contributed by atoms with Crippen LogP contribution in [0.2, 0.25) is 0 Å². The molecule has 1 amide bonds. The van der Waals surface area contributed by atoms with E-state index < -0.39 is 0 Å². The molecule has 2 aromatic carbocycles. The van der Waals surface area contributed by atoms with Crippen LogP contribution < -0.4 is 10.2 Å². The first-order valence-corrected chi connectivity index (χ1v) is 11.5. The molecule has 0 aliphatic carbocycles. The SMILES string of the molecule is CN=C(NCC(C)(C)c1cccc(F)c1)N1CC(CCN2CCCC2=O)c2ccccc21.I. The van der Waals surface area contributed by atoms with Crippen LogP contribution in [0.3, 0.4) is 0 Å². The highest BCUT2D eigenvalue weighted by atomic mass is 127. The third kappa shape index (κ3) is 5.67. The van der Waals surface area contributed by atoms with Crippen molar-refractivity contribution in [3.8, 4) is 0 Å². The Bertz CT molecular complexity index is 1010. The second kappa shape index (κ2) is 10.8. The zero-order valence-corrected chi connectivity index (χ0v) is 22.0. The molecule has 2 heterocycles. The van der Waals surface area contributed by atoms with Crippen molar-refractivity contribution in [1.29, 1.82) is 0 Å². The standard InChI is InChI=1S/C26H33FN4O.HI/c1-26(2,20-8-6-9-21(27)16-20)18-29-25(28-3)31-17-19(22-10-4-5-11-23(22)31)13-15-30-14-7-12-24(30)32;/h4-6,8-11,16,19H,7,12-15,17-18H2,1-3H3,(H,28,29);1H. The summed E-state index contributed by atoms with van der Waals surface area (Å²) in [6.45, 7) is 7.38. The third-order valence-electron chi connectivity index (χ3n) is 6.75. The predicted octanol–water partition coefficient (Wildman–Crippen LogP) is 4.91. The lowest BCUT2D eigenvalue weighted by Crippen LogP contribution is -2.45. The summed E-state index contributed by atoms with van der Waals surface area (Å²) in [5.41, 5.74) is 3.18. The Labute approximate surface area is 213 Å². The van der Waals surface area contributed by atoms with Crippen molar-refractivity contribution in [3.05, 3.63) is 65.5 Å². The van der Waals surface area contributed by atoms with Gasteiger partial charge in [0.1, 0.15) is 5.82 Å². The molecule has 0 spiro atoms. The number of halogens is 2. The van der Waals surface area contributed by atoms with Crippen molar-refractivity contribution in [2.45, 2.75) is 44.4 Å². The van der Waals surface area contributed by atoms with Crippen LogP contribution in [0.1, 0.15) is 50.2 Å². The lowest BCUT2D eigenvalue weighted by Gasteiger charge is -2.30. The number of anilines is 1. The van der Waals surface area contributed by atoms with Gasteiger partial charge in [-0.3, -0.25) is 9.79 Å². The molecule has 4 rings (SSSR count). The van der Waals surface area contributed by atoms with Crippen LogP contribution >= 0.6 is 24.0 Å². The number of benzene rings is 2. The second-order valence-electron chi connectivity index (χ2n) is 9.43. The maximum absolute atomic E-state index is 13.7. The Kier molecular flexibility index (Phi) is 8.37. The molecule has 0 aromatic heterocycles. The van der Waals surface area contributed by atoms with Gasteiger partial charge in [-0.1, -0.05) is 44.2 Å².